The molecule has 2 aromatic heterocycles. The van der Waals surface area contributed by atoms with Crippen LogP contribution in [0, 0.1) is 0 Å². The Morgan fingerprint density at radius 1 is 0.760 bits per heavy atom. The second-order valence-corrected chi connectivity index (χ2v) is 21.9. The normalized spacial score (nSPS) is 14.7. The van der Waals surface area contributed by atoms with Crippen LogP contribution in [-0.2, 0) is 43.2 Å². The number of hydrogen-bond acceptors (Lipinski definition) is 4. The van der Waals surface area contributed by atoms with Crippen molar-refractivity contribution in [2.45, 2.75) is 33.6 Å². The summed E-state index contributed by atoms with van der Waals surface area (Å²) in [6.45, 7) is 3.40. The molecule has 0 fully saturated rings. The van der Waals surface area contributed by atoms with Crippen molar-refractivity contribution in [2.24, 2.45) is 0 Å². The summed E-state index contributed by atoms with van der Waals surface area (Å²) in [6, 6.07) is 12.6. The Kier molecular flexibility index (Phi) is 14.5. The van der Waals surface area contributed by atoms with E-state index in [2.05, 4.69) is 97.5 Å². The molecule has 0 atom stereocenters. The zero-order valence-electron chi connectivity index (χ0n) is 13.6. The Morgan fingerprint density at radius 3 is 1.24 bits per heavy atom. The van der Waals surface area contributed by atoms with Gasteiger partial charge in [0.15, 0.2) is 0 Å². The van der Waals surface area contributed by atoms with E-state index in [0.717, 1.165) is 49.0 Å². The number of halogens is 3. The smallest absolute Gasteiger partial charge is 2.00 e. The first-order chi connectivity index (χ1) is 11.1. The Bertz CT molecular complexity index is 534. The van der Waals surface area contributed by atoms with Crippen LogP contribution in [0.15, 0.2) is 36.4 Å². The fourth-order valence-corrected chi connectivity index (χ4v) is 2.63. The monoisotopic (exact) mass is 720 g/mol. The summed E-state index contributed by atoms with van der Waals surface area (Å²) >= 11 is 5.30. The van der Waals surface area contributed by atoms with Crippen molar-refractivity contribution in [2.75, 3.05) is 14.1 Å². The number of nitrogens with zero attached hydrogens (tertiary/aromatic N) is 4. The molecule has 4 nitrogen and oxygen atoms in total. The van der Waals surface area contributed by atoms with Crippen molar-refractivity contribution in [1.82, 2.24) is 19.8 Å². The van der Waals surface area contributed by atoms with Crippen LogP contribution in [-0.4, -0.2) is 33.9 Å². The molecule has 0 aromatic carbocycles. The number of rotatable bonds is 0. The zero-order valence-corrected chi connectivity index (χ0v) is 21.2. The van der Waals surface area contributed by atoms with Gasteiger partial charge in [-0.1, -0.05) is 19.6 Å². The van der Waals surface area contributed by atoms with Crippen molar-refractivity contribution >= 4 is 37.2 Å². The van der Waals surface area contributed by atoms with Gasteiger partial charge in [0.2, 0.25) is 0 Å². The van der Waals surface area contributed by atoms with Gasteiger partial charge in [0.25, 0.3) is 0 Å². The Hall–Kier alpha value is 0.929. The van der Waals surface area contributed by atoms with Crippen molar-refractivity contribution < 1.29 is 30.3 Å². The van der Waals surface area contributed by atoms with Gasteiger partial charge < -0.3 is 0 Å². The third-order valence-electron chi connectivity index (χ3n) is 3.46. The van der Waals surface area contributed by atoms with Crippen molar-refractivity contribution in [1.29, 1.82) is 0 Å². The van der Waals surface area contributed by atoms with Crippen LogP contribution in [0.2, 0.25) is 0 Å². The van der Waals surface area contributed by atoms with Crippen LogP contribution in [0.5, 0.6) is 0 Å². The van der Waals surface area contributed by atoms with E-state index in [1.165, 1.54) is 0 Å². The van der Waals surface area contributed by atoms with E-state index in [1.54, 1.807) is 0 Å². The van der Waals surface area contributed by atoms with Gasteiger partial charge in [-0.3, -0.25) is 19.8 Å². The van der Waals surface area contributed by atoms with E-state index in [0.29, 0.717) is 13.3 Å². The van der Waals surface area contributed by atoms with Crippen LogP contribution in [0.25, 0.3) is 0 Å². The predicted octanol–water partition coefficient (Wildman–Crippen LogP) is 1.46. The second kappa shape index (κ2) is 14.0. The van der Waals surface area contributed by atoms with E-state index in [1.807, 2.05) is 0 Å². The van der Waals surface area contributed by atoms with Gasteiger partial charge in [0, 0.05) is 26.2 Å². The minimum atomic E-state index is 0. The first-order valence-electron chi connectivity index (χ1n) is 7.24. The summed E-state index contributed by atoms with van der Waals surface area (Å²) in [7, 11) is 4.22. The van der Waals surface area contributed by atoms with E-state index in [9.17, 15) is 0 Å². The average Bonchev–Trinajstić information content (AvgIpc) is 2.47. The standard InChI is InChI=1S/C16H20N4.CH4.I3.Mn/c1-19-9-13-5-3-7-15(17-13)11-20(2)12-16-8-4-6-14(10-19)18-16;;1-3-2;/h3-8H,9-12H2,1-2H3;1H4;;/q;;-1;+2. The number of pyridine rings is 2. The zero-order chi connectivity index (χ0) is 16.7. The second-order valence-electron chi connectivity index (χ2n) is 5.64. The molecule has 0 saturated heterocycles. The molecular weight excluding hydrogens is 696 g/mol. The van der Waals surface area contributed by atoms with Gasteiger partial charge in [0.05, 0.1) is 22.8 Å². The quantitative estimate of drug-likeness (QED) is 0.305. The van der Waals surface area contributed by atoms with E-state index in [-0.39, 0.29) is 24.5 Å². The van der Waals surface area contributed by atoms with Crippen molar-refractivity contribution in [3.8, 4) is 0 Å². The number of fused-ring (bicyclic) bond motifs is 4. The molecule has 25 heavy (non-hydrogen) atoms. The van der Waals surface area contributed by atoms with Crippen LogP contribution >= 0.6 is 37.2 Å². The van der Waals surface area contributed by atoms with Crippen LogP contribution < -0.4 is 13.3 Å². The molecule has 1 aliphatic rings. The molecule has 3 heterocycles. The molecule has 8 heteroatoms. The Morgan fingerprint density at radius 2 is 1.00 bits per heavy atom. The molecule has 2 aromatic rings. The van der Waals surface area contributed by atoms with Gasteiger partial charge in [-0.2, -0.15) is 0 Å². The molecule has 0 aliphatic carbocycles. The maximum Gasteiger partial charge on any atom is 2.00 e. The molecule has 0 amide bonds. The minimum Gasteiger partial charge on any atom is 2.00 e. The summed E-state index contributed by atoms with van der Waals surface area (Å²) in [6.07, 6.45) is 0. The SMILES string of the molecule is C.CN1Cc2cccc(n2)CN(C)Cc2cccc(n2)C1.I[I-]I.[Mn+2]. The minimum absolute atomic E-state index is 0. The van der Waals surface area contributed by atoms with E-state index >= 15 is 0 Å². The average molecular weight is 720 g/mol. The molecule has 4 bridgehead atoms. The molecule has 0 N–H and O–H groups in total. The van der Waals surface area contributed by atoms with Gasteiger partial charge in [-0.25, -0.2) is 0 Å². The summed E-state index contributed by atoms with van der Waals surface area (Å²) in [5.41, 5.74) is 4.48. The molecule has 3 rings (SSSR count). The summed E-state index contributed by atoms with van der Waals surface area (Å²) in [5, 5.41) is 0. The predicted molar refractivity (Wildman–Crippen MR) is 114 cm³/mol. The first kappa shape index (κ1) is 25.9. The summed E-state index contributed by atoms with van der Waals surface area (Å²) in [5.74, 6) is 0. The van der Waals surface area contributed by atoms with Crippen LogP contribution in [0.1, 0.15) is 30.2 Å². The van der Waals surface area contributed by atoms with Crippen molar-refractivity contribution in [3.63, 3.8) is 0 Å². The topological polar surface area (TPSA) is 32.3 Å². The van der Waals surface area contributed by atoms with Gasteiger partial charge in [-0.05, 0) is 38.4 Å². The third kappa shape index (κ3) is 9.61. The molecular formula is C17H24I3MnN4+. The van der Waals surface area contributed by atoms with E-state index < -0.39 is 0 Å². The van der Waals surface area contributed by atoms with Crippen LogP contribution in [0.3, 0.4) is 0 Å². The maximum atomic E-state index is 4.74. The largest absolute Gasteiger partial charge is 2.00 e. The fraction of sp³-hybridized carbons (Fsp3) is 0.412. The molecule has 0 unspecified atom stereocenters. The van der Waals surface area contributed by atoms with Crippen LogP contribution in [0.4, 0.5) is 0 Å². The van der Waals surface area contributed by atoms with Gasteiger partial charge in [-0.15, -0.1) is 0 Å². The number of hydrogen-bond donors (Lipinski definition) is 0. The van der Waals surface area contributed by atoms with Gasteiger partial charge in [0.1, 0.15) is 0 Å². The Labute approximate surface area is 192 Å². The first-order valence-corrected chi connectivity index (χ1v) is 19.8. The molecule has 139 valence electrons. The summed E-state index contributed by atoms with van der Waals surface area (Å²) in [4.78, 5) is 14.0. The molecule has 0 saturated carbocycles. The Balaban J connectivity index is 0.00000108. The number of aromatic nitrogens is 2. The molecule has 1 aliphatic heterocycles. The fourth-order valence-electron chi connectivity index (χ4n) is 2.63. The van der Waals surface area contributed by atoms with E-state index in [4.69, 9.17) is 9.97 Å². The van der Waals surface area contributed by atoms with Gasteiger partial charge >= 0.3 is 67.6 Å². The molecule has 1 radical (unpaired) electrons. The van der Waals surface area contributed by atoms with Crippen molar-refractivity contribution in [3.05, 3.63) is 59.2 Å². The maximum absolute atomic E-state index is 4.74. The molecule has 0 spiro atoms. The summed E-state index contributed by atoms with van der Waals surface area (Å²) < 4.78 is 0. The third-order valence-corrected chi connectivity index (χ3v) is 3.46.